The molecule has 1 aliphatic heterocycles. The summed E-state index contributed by atoms with van der Waals surface area (Å²) < 4.78 is 13.7. The summed E-state index contributed by atoms with van der Waals surface area (Å²) in [5, 5.41) is 11.0. The largest absolute Gasteiger partial charge is 0.507 e. The van der Waals surface area contributed by atoms with Gasteiger partial charge in [-0.1, -0.05) is 25.1 Å². The monoisotopic (exact) mass is 416 g/mol. The third kappa shape index (κ3) is 3.61. The fourth-order valence-electron chi connectivity index (χ4n) is 3.79. The first-order valence-electron chi connectivity index (χ1n) is 9.98. The molecular formula is C25H21FN2O3. The topological polar surface area (TPSA) is 70.5 Å². The fraction of sp³-hybridized carbons (Fsp3) is 0.160. The van der Waals surface area contributed by atoms with E-state index in [4.69, 9.17) is 0 Å². The SMILES string of the molecule is CCc1ccc(N2C(=O)C(=O)/C(=C(\O)c3ccc(F)c(C)c3)C2c2cccnc2)cc1. The highest BCUT2D eigenvalue weighted by Gasteiger charge is 2.47. The number of amides is 1. The maximum absolute atomic E-state index is 13.7. The summed E-state index contributed by atoms with van der Waals surface area (Å²) in [6.45, 7) is 3.60. The summed E-state index contributed by atoms with van der Waals surface area (Å²) in [4.78, 5) is 31.6. The van der Waals surface area contributed by atoms with Crippen LogP contribution in [-0.4, -0.2) is 21.8 Å². The van der Waals surface area contributed by atoms with Crippen molar-refractivity contribution in [3.8, 4) is 0 Å². The Hall–Kier alpha value is -3.80. The number of rotatable bonds is 4. The van der Waals surface area contributed by atoms with E-state index >= 15 is 0 Å². The van der Waals surface area contributed by atoms with Crippen LogP contribution in [0.15, 0.2) is 72.6 Å². The van der Waals surface area contributed by atoms with Crippen LogP contribution in [0, 0.1) is 12.7 Å². The molecule has 3 aromatic rings. The molecule has 2 aromatic carbocycles. The number of pyridine rings is 1. The lowest BCUT2D eigenvalue weighted by Gasteiger charge is -2.25. The normalized spacial score (nSPS) is 17.9. The molecule has 0 saturated carbocycles. The highest BCUT2D eigenvalue weighted by Crippen LogP contribution is 2.42. The van der Waals surface area contributed by atoms with Crippen molar-refractivity contribution in [3.05, 3.63) is 101 Å². The Labute approximate surface area is 179 Å². The molecule has 2 heterocycles. The summed E-state index contributed by atoms with van der Waals surface area (Å²) in [5.74, 6) is -2.30. The summed E-state index contributed by atoms with van der Waals surface area (Å²) >= 11 is 0. The molecule has 1 amide bonds. The standard InChI is InChI=1S/C25H21FN2O3/c1-3-16-6-9-19(10-7-16)28-22(18-5-4-12-27-14-18)21(24(30)25(28)31)23(29)17-8-11-20(26)15(2)13-17/h4-14,22,29H,3H2,1-2H3/b23-21-. The van der Waals surface area contributed by atoms with Gasteiger partial charge in [0.2, 0.25) is 0 Å². The van der Waals surface area contributed by atoms with Crippen molar-refractivity contribution in [2.45, 2.75) is 26.3 Å². The molecule has 0 aliphatic carbocycles. The highest BCUT2D eigenvalue weighted by atomic mass is 19.1. The molecule has 31 heavy (non-hydrogen) atoms. The van der Waals surface area contributed by atoms with Gasteiger partial charge in [0.25, 0.3) is 11.7 Å². The van der Waals surface area contributed by atoms with Crippen LogP contribution in [0.3, 0.4) is 0 Å². The molecule has 4 rings (SSSR count). The van der Waals surface area contributed by atoms with Crippen molar-refractivity contribution < 1.29 is 19.1 Å². The maximum atomic E-state index is 13.7. The first-order valence-corrected chi connectivity index (χ1v) is 9.98. The molecule has 5 nitrogen and oxygen atoms in total. The molecule has 1 N–H and O–H groups in total. The van der Waals surface area contributed by atoms with Gasteiger partial charge in [0.05, 0.1) is 11.6 Å². The number of Topliss-reactive ketones (excluding diaryl/α,β-unsaturated/α-hetero) is 1. The Morgan fingerprint density at radius 1 is 1.13 bits per heavy atom. The van der Waals surface area contributed by atoms with E-state index in [1.165, 1.54) is 23.1 Å². The molecule has 6 heteroatoms. The van der Waals surface area contributed by atoms with Crippen LogP contribution < -0.4 is 4.90 Å². The fourth-order valence-corrected chi connectivity index (χ4v) is 3.79. The molecule has 1 aliphatic rings. The van der Waals surface area contributed by atoms with Gasteiger partial charge in [-0.25, -0.2) is 4.39 Å². The lowest BCUT2D eigenvalue weighted by Crippen LogP contribution is -2.29. The number of nitrogens with zero attached hydrogens (tertiary/aromatic N) is 2. The zero-order chi connectivity index (χ0) is 22.1. The number of halogens is 1. The van der Waals surface area contributed by atoms with E-state index in [-0.39, 0.29) is 16.9 Å². The van der Waals surface area contributed by atoms with Gasteiger partial charge in [-0.15, -0.1) is 0 Å². The van der Waals surface area contributed by atoms with Crippen molar-refractivity contribution in [1.29, 1.82) is 0 Å². The van der Waals surface area contributed by atoms with E-state index in [1.54, 1.807) is 43.6 Å². The van der Waals surface area contributed by atoms with Crippen LogP contribution in [0.2, 0.25) is 0 Å². The third-order valence-corrected chi connectivity index (χ3v) is 5.50. The molecular weight excluding hydrogens is 395 g/mol. The highest BCUT2D eigenvalue weighted by molar-refractivity contribution is 6.51. The third-order valence-electron chi connectivity index (χ3n) is 5.50. The number of hydrogen-bond acceptors (Lipinski definition) is 4. The summed E-state index contributed by atoms with van der Waals surface area (Å²) in [6, 6.07) is 14.0. The van der Waals surface area contributed by atoms with Gasteiger partial charge in [-0.3, -0.25) is 19.5 Å². The van der Waals surface area contributed by atoms with Crippen LogP contribution >= 0.6 is 0 Å². The lowest BCUT2D eigenvalue weighted by molar-refractivity contribution is -0.132. The van der Waals surface area contributed by atoms with Crippen LogP contribution in [0.5, 0.6) is 0 Å². The molecule has 1 saturated heterocycles. The van der Waals surface area contributed by atoms with Crippen LogP contribution in [0.4, 0.5) is 10.1 Å². The Morgan fingerprint density at radius 3 is 2.48 bits per heavy atom. The second kappa shape index (κ2) is 8.14. The van der Waals surface area contributed by atoms with Gasteiger partial charge in [0.15, 0.2) is 0 Å². The molecule has 156 valence electrons. The van der Waals surface area contributed by atoms with Crippen molar-refractivity contribution in [1.82, 2.24) is 4.98 Å². The predicted octanol–water partition coefficient (Wildman–Crippen LogP) is 4.72. The van der Waals surface area contributed by atoms with Crippen molar-refractivity contribution in [2.24, 2.45) is 0 Å². The number of hydrogen-bond donors (Lipinski definition) is 1. The van der Waals surface area contributed by atoms with Crippen molar-refractivity contribution in [2.75, 3.05) is 4.90 Å². The Balaban J connectivity index is 1.92. The molecule has 0 radical (unpaired) electrons. The van der Waals surface area contributed by atoms with Gasteiger partial charge in [0, 0.05) is 23.6 Å². The molecule has 1 unspecified atom stereocenters. The molecule has 1 fully saturated rings. The molecule has 1 atom stereocenters. The number of carbonyl (C=O) groups is 2. The summed E-state index contributed by atoms with van der Waals surface area (Å²) in [5.41, 5.74) is 2.77. The number of aliphatic hydroxyl groups is 1. The maximum Gasteiger partial charge on any atom is 0.300 e. The number of aliphatic hydroxyl groups excluding tert-OH is 1. The zero-order valence-corrected chi connectivity index (χ0v) is 17.2. The number of aryl methyl sites for hydroxylation is 2. The van der Waals surface area contributed by atoms with Crippen LogP contribution in [-0.2, 0) is 16.0 Å². The first kappa shape index (κ1) is 20.5. The minimum Gasteiger partial charge on any atom is -0.507 e. The molecule has 1 aromatic heterocycles. The lowest BCUT2D eigenvalue weighted by atomic mass is 9.95. The summed E-state index contributed by atoms with van der Waals surface area (Å²) in [6.07, 6.45) is 4.00. The van der Waals surface area contributed by atoms with E-state index in [1.807, 2.05) is 19.1 Å². The van der Waals surface area contributed by atoms with Gasteiger partial charge in [0.1, 0.15) is 11.6 Å². The Morgan fingerprint density at radius 2 is 1.87 bits per heavy atom. The van der Waals surface area contributed by atoms with Crippen LogP contribution in [0.25, 0.3) is 5.76 Å². The van der Waals surface area contributed by atoms with Gasteiger partial charge < -0.3 is 5.11 Å². The zero-order valence-electron chi connectivity index (χ0n) is 17.2. The number of aromatic nitrogens is 1. The molecule has 0 spiro atoms. The quantitative estimate of drug-likeness (QED) is 0.380. The number of carbonyl (C=O) groups excluding carboxylic acids is 2. The Kier molecular flexibility index (Phi) is 5.38. The first-order chi connectivity index (χ1) is 14.9. The second-order valence-corrected chi connectivity index (χ2v) is 7.44. The van der Waals surface area contributed by atoms with Gasteiger partial charge >= 0.3 is 0 Å². The average molecular weight is 416 g/mol. The minimum absolute atomic E-state index is 0.0522. The minimum atomic E-state index is -0.855. The smallest absolute Gasteiger partial charge is 0.300 e. The number of ketones is 1. The van der Waals surface area contributed by atoms with E-state index in [2.05, 4.69) is 4.98 Å². The Bertz CT molecular complexity index is 1190. The summed E-state index contributed by atoms with van der Waals surface area (Å²) in [7, 11) is 0. The van der Waals surface area contributed by atoms with Crippen LogP contribution in [0.1, 0.15) is 35.2 Å². The van der Waals surface area contributed by atoms with E-state index in [0.717, 1.165) is 12.0 Å². The second-order valence-electron chi connectivity index (χ2n) is 7.44. The van der Waals surface area contributed by atoms with Crippen molar-refractivity contribution in [3.63, 3.8) is 0 Å². The number of anilines is 1. The number of benzene rings is 2. The van der Waals surface area contributed by atoms with E-state index < -0.39 is 23.5 Å². The average Bonchev–Trinajstić information content (AvgIpc) is 3.06. The van der Waals surface area contributed by atoms with Gasteiger partial charge in [-0.05, 0) is 66.4 Å². The molecule has 0 bridgehead atoms. The van der Waals surface area contributed by atoms with E-state index in [0.29, 0.717) is 16.8 Å². The van der Waals surface area contributed by atoms with Gasteiger partial charge in [-0.2, -0.15) is 0 Å². The van der Waals surface area contributed by atoms with Crippen molar-refractivity contribution >= 4 is 23.1 Å². The predicted molar refractivity (Wildman–Crippen MR) is 116 cm³/mol. The van der Waals surface area contributed by atoms with E-state index in [9.17, 15) is 19.1 Å².